The van der Waals surface area contributed by atoms with E-state index in [4.69, 9.17) is 0 Å². The quantitative estimate of drug-likeness (QED) is 0.351. The van der Waals surface area contributed by atoms with Gasteiger partial charge in [0.25, 0.3) is 5.91 Å². The molecule has 4 atom stereocenters. The standard InChI is InChI=1S/C31H37F6N3O4S/c1-17(2)40-14-20-11-27(26(25(20)15-40)16-45(43,44)18(3)4)39-28(41)13-38-29(42)24-12-22(31(35,36)37)8-9-23(24)19-6-5-7-21(10-19)30(32,33)34/h5-10,12,17-18,20,25-27H,11,13-16H2,1-4H3,(H,38,42)(H,39,41)/t20-,25+,26?,27-/m0/s1. The Balaban J connectivity index is 1.53. The Morgan fingerprint density at radius 1 is 0.933 bits per heavy atom. The summed E-state index contributed by atoms with van der Waals surface area (Å²) in [7, 11) is -3.45. The number of rotatable bonds is 9. The number of likely N-dealkylation sites (tertiary alicyclic amines) is 1. The van der Waals surface area contributed by atoms with Crippen molar-refractivity contribution in [2.75, 3.05) is 25.4 Å². The minimum absolute atomic E-state index is 0.0425. The van der Waals surface area contributed by atoms with Gasteiger partial charge < -0.3 is 15.5 Å². The molecule has 0 aromatic heterocycles. The molecule has 4 rings (SSSR count). The predicted molar refractivity (Wildman–Crippen MR) is 157 cm³/mol. The highest BCUT2D eigenvalue weighted by Crippen LogP contribution is 2.44. The lowest BCUT2D eigenvalue weighted by atomic mass is 9.93. The molecule has 2 aromatic carbocycles. The molecule has 1 saturated heterocycles. The van der Waals surface area contributed by atoms with Crippen LogP contribution in [-0.2, 0) is 27.0 Å². The Morgan fingerprint density at radius 2 is 1.58 bits per heavy atom. The van der Waals surface area contributed by atoms with E-state index in [9.17, 15) is 44.3 Å². The number of hydrogen-bond donors (Lipinski definition) is 2. The van der Waals surface area contributed by atoms with E-state index in [1.54, 1.807) is 13.8 Å². The molecule has 2 N–H and O–H groups in total. The molecule has 1 aliphatic heterocycles. The lowest BCUT2D eigenvalue weighted by molar-refractivity contribution is -0.138. The van der Waals surface area contributed by atoms with Gasteiger partial charge in [0.1, 0.15) is 0 Å². The third kappa shape index (κ3) is 8.00. The zero-order valence-corrected chi connectivity index (χ0v) is 26.1. The van der Waals surface area contributed by atoms with Crippen LogP contribution in [0.4, 0.5) is 26.3 Å². The maximum atomic E-state index is 13.5. The van der Waals surface area contributed by atoms with Crippen molar-refractivity contribution in [3.8, 4) is 11.1 Å². The van der Waals surface area contributed by atoms with Gasteiger partial charge in [-0.3, -0.25) is 9.59 Å². The highest BCUT2D eigenvalue weighted by Gasteiger charge is 2.50. The molecule has 1 unspecified atom stereocenters. The van der Waals surface area contributed by atoms with E-state index in [2.05, 4.69) is 29.4 Å². The number of carbonyl (C=O) groups is 2. The number of carbonyl (C=O) groups excluding carboxylic acids is 2. The molecular formula is C31H37F6N3O4S. The van der Waals surface area contributed by atoms with Crippen LogP contribution in [0.15, 0.2) is 42.5 Å². The molecule has 1 aliphatic carbocycles. The summed E-state index contributed by atoms with van der Waals surface area (Å²) in [6.45, 7) is 8.14. The summed E-state index contributed by atoms with van der Waals surface area (Å²) in [5.74, 6) is -2.01. The molecule has 248 valence electrons. The summed E-state index contributed by atoms with van der Waals surface area (Å²) in [5, 5.41) is 4.52. The van der Waals surface area contributed by atoms with Crippen LogP contribution in [0.2, 0.25) is 0 Å². The van der Waals surface area contributed by atoms with E-state index >= 15 is 0 Å². The number of benzene rings is 2. The molecule has 2 fully saturated rings. The normalized spacial score (nSPS) is 22.6. The number of halogens is 6. The third-order valence-corrected chi connectivity index (χ3v) is 11.2. The first-order valence-electron chi connectivity index (χ1n) is 14.7. The smallest absolute Gasteiger partial charge is 0.352 e. The average molecular weight is 662 g/mol. The maximum Gasteiger partial charge on any atom is 0.416 e. The first-order valence-corrected chi connectivity index (χ1v) is 16.4. The zero-order valence-electron chi connectivity index (χ0n) is 25.3. The summed E-state index contributed by atoms with van der Waals surface area (Å²) < 4.78 is 106. The van der Waals surface area contributed by atoms with Crippen LogP contribution < -0.4 is 10.6 Å². The number of alkyl halides is 6. The van der Waals surface area contributed by atoms with Gasteiger partial charge in [0.05, 0.1) is 28.7 Å². The molecule has 0 bridgehead atoms. The molecule has 7 nitrogen and oxygen atoms in total. The Morgan fingerprint density at radius 3 is 2.18 bits per heavy atom. The SMILES string of the molecule is CC(C)N1C[C@@H]2C[C@H](NC(=O)CNC(=O)c3cc(C(F)(F)F)ccc3-c3cccc(C(F)(F)F)c3)C(CS(=O)(=O)C(C)C)[C@@H]2C1. The van der Waals surface area contributed by atoms with Gasteiger partial charge in [0.15, 0.2) is 9.84 Å². The minimum atomic E-state index is -4.84. The van der Waals surface area contributed by atoms with E-state index in [0.29, 0.717) is 25.1 Å². The molecule has 0 radical (unpaired) electrons. The molecule has 2 aromatic rings. The highest BCUT2D eigenvalue weighted by atomic mass is 32.2. The van der Waals surface area contributed by atoms with E-state index in [1.165, 1.54) is 6.07 Å². The Labute approximate surface area is 258 Å². The van der Waals surface area contributed by atoms with Crippen molar-refractivity contribution in [2.45, 2.75) is 63.8 Å². The van der Waals surface area contributed by atoms with Crippen molar-refractivity contribution in [2.24, 2.45) is 17.8 Å². The lowest BCUT2D eigenvalue weighted by Crippen LogP contribution is -2.47. The largest absolute Gasteiger partial charge is 0.416 e. The summed E-state index contributed by atoms with van der Waals surface area (Å²) in [4.78, 5) is 28.5. The number of nitrogens with one attached hydrogen (secondary N) is 2. The fraction of sp³-hybridized carbons (Fsp3) is 0.548. The topological polar surface area (TPSA) is 95.6 Å². The summed E-state index contributed by atoms with van der Waals surface area (Å²) >= 11 is 0. The lowest BCUT2D eigenvalue weighted by Gasteiger charge is -2.28. The maximum absolute atomic E-state index is 13.5. The van der Waals surface area contributed by atoms with Crippen LogP contribution in [0.3, 0.4) is 0 Å². The number of fused-ring (bicyclic) bond motifs is 1. The number of amides is 2. The summed E-state index contributed by atoms with van der Waals surface area (Å²) in [5.41, 5.74) is -3.09. The van der Waals surface area contributed by atoms with Crippen LogP contribution >= 0.6 is 0 Å². The molecule has 45 heavy (non-hydrogen) atoms. The van der Waals surface area contributed by atoms with Crippen LogP contribution in [0.5, 0.6) is 0 Å². The van der Waals surface area contributed by atoms with Crippen molar-refractivity contribution in [3.05, 3.63) is 59.2 Å². The average Bonchev–Trinajstić information content (AvgIpc) is 3.49. The van der Waals surface area contributed by atoms with Gasteiger partial charge in [0, 0.05) is 30.7 Å². The molecule has 14 heteroatoms. The van der Waals surface area contributed by atoms with E-state index < -0.39 is 68.5 Å². The second-order valence-corrected chi connectivity index (χ2v) is 15.0. The van der Waals surface area contributed by atoms with Crippen molar-refractivity contribution in [1.82, 2.24) is 15.5 Å². The van der Waals surface area contributed by atoms with Crippen molar-refractivity contribution in [3.63, 3.8) is 0 Å². The number of nitrogens with zero attached hydrogens (tertiary/aromatic N) is 1. The van der Waals surface area contributed by atoms with Gasteiger partial charge in [-0.2, -0.15) is 26.3 Å². The first kappa shape index (κ1) is 34.7. The Bertz CT molecular complexity index is 1520. The second kappa shape index (κ2) is 12.9. The van der Waals surface area contributed by atoms with Gasteiger partial charge in [-0.05, 0) is 87.3 Å². The van der Waals surface area contributed by atoms with Gasteiger partial charge in [0.2, 0.25) is 5.91 Å². The zero-order chi connectivity index (χ0) is 33.5. The van der Waals surface area contributed by atoms with Gasteiger partial charge in [-0.1, -0.05) is 18.2 Å². The molecule has 1 heterocycles. The molecule has 1 saturated carbocycles. The van der Waals surface area contributed by atoms with Gasteiger partial charge in [-0.25, -0.2) is 8.42 Å². The number of hydrogen-bond acceptors (Lipinski definition) is 5. The number of sulfone groups is 1. The van der Waals surface area contributed by atoms with Crippen LogP contribution in [0, 0.1) is 17.8 Å². The first-order chi connectivity index (χ1) is 20.8. The van der Waals surface area contributed by atoms with Crippen molar-refractivity contribution < 1.29 is 44.3 Å². The van der Waals surface area contributed by atoms with Crippen LogP contribution in [0.25, 0.3) is 11.1 Å². The highest BCUT2D eigenvalue weighted by molar-refractivity contribution is 7.91. The monoisotopic (exact) mass is 661 g/mol. The summed E-state index contributed by atoms with van der Waals surface area (Å²) in [6.07, 6.45) is -9.02. The molecule has 2 amide bonds. The minimum Gasteiger partial charge on any atom is -0.352 e. The van der Waals surface area contributed by atoms with E-state index in [0.717, 1.165) is 30.8 Å². The Kier molecular flexibility index (Phi) is 9.99. The van der Waals surface area contributed by atoms with Crippen LogP contribution in [-0.4, -0.2) is 67.9 Å². The fourth-order valence-electron chi connectivity index (χ4n) is 6.29. The molecular weight excluding hydrogens is 624 g/mol. The van der Waals surface area contributed by atoms with E-state index in [-0.39, 0.29) is 40.7 Å². The Hall–Kier alpha value is -3.13. The van der Waals surface area contributed by atoms with E-state index in [1.807, 2.05) is 0 Å². The second-order valence-electron chi connectivity index (χ2n) is 12.4. The van der Waals surface area contributed by atoms with Crippen LogP contribution in [0.1, 0.15) is 55.6 Å². The fourth-order valence-corrected chi connectivity index (χ4v) is 7.69. The molecule has 0 spiro atoms. The van der Waals surface area contributed by atoms with Gasteiger partial charge in [-0.15, -0.1) is 0 Å². The molecule has 2 aliphatic rings. The van der Waals surface area contributed by atoms with Crippen molar-refractivity contribution >= 4 is 21.7 Å². The predicted octanol–water partition coefficient (Wildman–Crippen LogP) is 5.41. The van der Waals surface area contributed by atoms with Gasteiger partial charge >= 0.3 is 12.4 Å². The van der Waals surface area contributed by atoms with Crippen molar-refractivity contribution in [1.29, 1.82) is 0 Å². The summed E-state index contributed by atoms with van der Waals surface area (Å²) in [6, 6.07) is 5.77. The third-order valence-electron chi connectivity index (χ3n) is 8.86.